The first kappa shape index (κ1) is 11.0. The highest BCUT2D eigenvalue weighted by molar-refractivity contribution is 5.34. The van der Waals surface area contributed by atoms with Gasteiger partial charge in [-0.25, -0.2) is 0 Å². The quantitative estimate of drug-likeness (QED) is 0.756. The minimum absolute atomic E-state index is 0.349. The molecule has 1 aromatic rings. The van der Waals surface area contributed by atoms with Crippen LogP contribution in [0.3, 0.4) is 0 Å². The summed E-state index contributed by atoms with van der Waals surface area (Å²) in [5, 5.41) is 8.70. The Morgan fingerprint density at radius 1 is 1.19 bits per heavy atom. The van der Waals surface area contributed by atoms with Crippen molar-refractivity contribution < 1.29 is 4.74 Å². The summed E-state index contributed by atoms with van der Waals surface area (Å²) in [5.74, 6) is 1.53. The maximum Gasteiger partial charge on any atom is 0.119 e. The van der Waals surface area contributed by atoms with Crippen LogP contribution in [-0.2, 0) is 0 Å². The lowest BCUT2D eigenvalue weighted by molar-refractivity contribution is 0.102. The minimum Gasteiger partial charge on any atom is -0.490 e. The molecule has 2 heteroatoms. The third-order valence-electron chi connectivity index (χ3n) is 3.30. The second-order valence-electron chi connectivity index (χ2n) is 4.55. The molecule has 16 heavy (non-hydrogen) atoms. The monoisotopic (exact) mass is 215 g/mol. The van der Waals surface area contributed by atoms with Gasteiger partial charge < -0.3 is 4.74 Å². The second kappa shape index (κ2) is 5.03. The highest BCUT2D eigenvalue weighted by Crippen LogP contribution is 2.28. The smallest absolute Gasteiger partial charge is 0.119 e. The number of hydrogen-bond donors (Lipinski definition) is 0. The molecule has 2 rings (SSSR count). The third kappa shape index (κ3) is 2.55. The molecule has 0 N–H and O–H groups in total. The van der Waals surface area contributed by atoms with E-state index in [1.54, 1.807) is 0 Å². The number of nitrogens with zero attached hydrogens (tertiary/aromatic N) is 1. The van der Waals surface area contributed by atoms with Gasteiger partial charge in [-0.2, -0.15) is 5.26 Å². The zero-order valence-electron chi connectivity index (χ0n) is 9.65. The molecule has 2 unspecified atom stereocenters. The van der Waals surface area contributed by atoms with E-state index in [2.05, 4.69) is 13.0 Å². The van der Waals surface area contributed by atoms with Gasteiger partial charge in [0.05, 0.1) is 11.6 Å². The standard InChI is InChI=1S/C14H17NO/c1-11-4-2-3-5-14(11)16-13-8-6-12(10-15)7-9-13/h6-9,11,14H,2-5H2,1H3. The van der Waals surface area contributed by atoms with Gasteiger partial charge in [0.25, 0.3) is 0 Å². The van der Waals surface area contributed by atoms with Crippen molar-refractivity contribution in [1.29, 1.82) is 5.26 Å². The van der Waals surface area contributed by atoms with Crippen LogP contribution in [0.5, 0.6) is 5.75 Å². The summed E-state index contributed by atoms with van der Waals surface area (Å²) in [6.45, 7) is 2.26. The van der Waals surface area contributed by atoms with Crippen LogP contribution in [0.15, 0.2) is 24.3 Å². The van der Waals surface area contributed by atoms with Crippen LogP contribution in [0.1, 0.15) is 38.2 Å². The Kier molecular flexibility index (Phi) is 3.46. The van der Waals surface area contributed by atoms with Crippen molar-refractivity contribution in [3.8, 4) is 11.8 Å². The van der Waals surface area contributed by atoms with Crippen molar-refractivity contribution in [3.05, 3.63) is 29.8 Å². The third-order valence-corrected chi connectivity index (χ3v) is 3.30. The summed E-state index contributed by atoms with van der Waals surface area (Å²) in [6, 6.07) is 9.51. The van der Waals surface area contributed by atoms with Crippen LogP contribution in [-0.4, -0.2) is 6.10 Å². The summed E-state index contributed by atoms with van der Waals surface area (Å²) in [5.41, 5.74) is 0.684. The second-order valence-corrected chi connectivity index (χ2v) is 4.55. The van der Waals surface area contributed by atoms with E-state index in [1.165, 1.54) is 19.3 Å². The first-order valence-electron chi connectivity index (χ1n) is 5.96. The molecule has 0 spiro atoms. The lowest BCUT2D eigenvalue weighted by Crippen LogP contribution is -2.28. The number of benzene rings is 1. The largest absolute Gasteiger partial charge is 0.490 e. The van der Waals surface area contributed by atoms with Crippen molar-refractivity contribution in [2.75, 3.05) is 0 Å². The van der Waals surface area contributed by atoms with Gasteiger partial charge in [0.15, 0.2) is 0 Å². The van der Waals surface area contributed by atoms with Crippen molar-refractivity contribution in [1.82, 2.24) is 0 Å². The number of ether oxygens (including phenoxy) is 1. The van der Waals surface area contributed by atoms with E-state index in [4.69, 9.17) is 10.00 Å². The molecule has 1 aliphatic rings. The molecule has 0 aromatic heterocycles. The van der Waals surface area contributed by atoms with Gasteiger partial charge in [0.1, 0.15) is 11.9 Å². The zero-order valence-corrected chi connectivity index (χ0v) is 9.65. The summed E-state index contributed by atoms with van der Waals surface area (Å²) in [7, 11) is 0. The van der Waals surface area contributed by atoms with Crippen LogP contribution in [0.4, 0.5) is 0 Å². The fraction of sp³-hybridized carbons (Fsp3) is 0.500. The molecule has 0 bridgehead atoms. The van der Waals surface area contributed by atoms with Gasteiger partial charge >= 0.3 is 0 Å². The maximum atomic E-state index is 8.70. The minimum atomic E-state index is 0.349. The molecule has 1 saturated carbocycles. The summed E-state index contributed by atoms with van der Waals surface area (Å²) >= 11 is 0. The van der Waals surface area contributed by atoms with E-state index in [1.807, 2.05) is 24.3 Å². The lowest BCUT2D eigenvalue weighted by atomic mass is 9.88. The fourth-order valence-corrected chi connectivity index (χ4v) is 2.24. The number of rotatable bonds is 2. The van der Waals surface area contributed by atoms with E-state index >= 15 is 0 Å². The summed E-state index contributed by atoms with van der Waals surface area (Å²) in [6.07, 6.45) is 5.36. The molecule has 2 nitrogen and oxygen atoms in total. The molecule has 0 amide bonds. The molecule has 0 saturated heterocycles. The lowest BCUT2D eigenvalue weighted by Gasteiger charge is -2.29. The van der Waals surface area contributed by atoms with Crippen LogP contribution >= 0.6 is 0 Å². The summed E-state index contributed by atoms with van der Waals surface area (Å²) < 4.78 is 5.96. The number of hydrogen-bond acceptors (Lipinski definition) is 2. The Balaban J connectivity index is 2.00. The Morgan fingerprint density at radius 3 is 2.50 bits per heavy atom. The van der Waals surface area contributed by atoms with Gasteiger partial charge in [-0.1, -0.05) is 13.3 Å². The predicted octanol–water partition coefficient (Wildman–Crippen LogP) is 3.52. The molecule has 0 aliphatic heterocycles. The molecule has 84 valence electrons. The van der Waals surface area contributed by atoms with E-state index in [9.17, 15) is 0 Å². The van der Waals surface area contributed by atoms with Crippen molar-refractivity contribution in [2.45, 2.75) is 38.7 Å². The number of nitriles is 1. The molecule has 0 heterocycles. The normalized spacial score (nSPS) is 24.8. The molecule has 1 fully saturated rings. The van der Waals surface area contributed by atoms with Gasteiger partial charge in [0, 0.05) is 0 Å². The van der Waals surface area contributed by atoms with Crippen molar-refractivity contribution >= 4 is 0 Å². The van der Waals surface area contributed by atoms with Gasteiger partial charge in [0.2, 0.25) is 0 Å². The van der Waals surface area contributed by atoms with E-state index < -0.39 is 0 Å². The average molecular weight is 215 g/mol. The SMILES string of the molecule is CC1CCCCC1Oc1ccc(C#N)cc1. The molecule has 0 radical (unpaired) electrons. The molecular weight excluding hydrogens is 198 g/mol. The van der Waals surface area contributed by atoms with Crippen LogP contribution in [0, 0.1) is 17.2 Å². The molecule has 2 atom stereocenters. The zero-order chi connectivity index (χ0) is 11.4. The first-order chi connectivity index (χ1) is 7.79. The van der Waals surface area contributed by atoms with Gasteiger partial charge in [-0.05, 0) is 49.4 Å². The van der Waals surface area contributed by atoms with E-state index in [0.29, 0.717) is 17.6 Å². The Morgan fingerprint density at radius 2 is 1.88 bits per heavy atom. The van der Waals surface area contributed by atoms with Crippen molar-refractivity contribution in [2.24, 2.45) is 5.92 Å². The predicted molar refractivity (Wildman–Crippen MR) is 63.2 cm³/mol. The van der Waals surface area contributed by atoms with E-state index in [-0.39, 0.29) is 0 Å². The maximum absolute atomic E-state index is 8.70. The molecule has 1 aliphatic carbocycles. The van der Waals surface area contributed by atoms with Gasteiger partial charge in [-0.15, -0.1) is 0 Å². The molecule has 1 aromatic carbocycles. The Labute approximate surface area is 96.9 Å². The van der Waals surface area contributed by atoms with Gasteiger partial charge in [-0.3, -0.25) is 0 Å². The topological polar surface area (TPSA) is 33.0 Å². The van der Waals surface area contributed by atoms with Crippen molar-refractivity contribution in [3.63, 3.8) is 0 Å². The highest BCUT2D eigenvalue weighted by atomic mass is 16.5. The fourth-order valence-electron chi connectivity index (χ4n) is 2.24. The highest BCUT2D eigenvalue weighted by Gasteiger charge is 2.22. The van der Waals surface area contributed by atoms with Crippen LogP contribution in [0.25, 0.3) is 0 Å². The molecular formula is C14H17NO. The Hall–Kier alpha value is -1.49. The van der Waals surface area contributed by atoms with Crippen LogP contribution < -0.4 is 4.74 Å². The average Bonchev–Trinajstić information content (AvgIpc) is 2.33. The first-order valence-corrected chi connectivity index (χ1v) is 5.96. The summed E-state index contributed by atoms with van der Waals surface area (Å²) in [4.78, 5) is 0. The Bertz CT molecular complexity index is 377. The van der Waals surface area contributed by atoms with Crippen LogP contribution in [0.2, 0.25) is 0 Å². The van der Waals surface area contributed by atoms with E-state index in [0.717, 1.165) is 12.2 Å².